The van der Waals surface area contributed by atoms with E-state index in [-0.39, 0.29) is 30.1 Å². The molecule has 2 aromatic carbocycles. The number of fused-ring (bicyclic) bond motifs is 10. The van der Waals surface area contributed by atoms with E-state index in [0.717, 1.165) is 114 Å². The molecule has 1 aromatic heterocycles. The molecule has 0 spiro atoms. The summed E-state index contributed by atoms with van der Waals surface area (Å²) in [6.45, 7) is 16.8. The Morgan fingerprint density at radius 2 is 1.17 bits per heavy atom. The van der Waals surface area contributed by atoms with Crippen LogP contribution in [0, 0.1) is 131 Å². The predicted molar refractivity (Wildman–Crippen MR) is 325 cm³/mol. The third-order valence-corrected chi connectivity index (χ3v) is 23.0. The van der Waals surface area contributed by atoms with Gasteiger partial charge in [0.05, 0.1) is 47.7 Å². The lowest BCUT2D eigenvalue weighted by Gasteiger charge is -2.57. The lowest BCUT2D eigenvalue weighted by atomic mass is 9.49. The molecule has 8 aliphatic rings. The molecule has 0 aliphatic heterocycles. The van der Waals surface area contributed by atoms with Crippen molar-refractivity contribution in [3.8, 4) is 24.5 Å². The zero-order valence-electron chi connectivity index (χ0n) is 49.4. The normalized spacial score (nSPS) is 35.7. The Morgan fingerprint density at radius 1 is 0.679 bits per heavy atom. The van der Waals surface area contributed by atoms with Crippen LogP contribution in [0.3, 0.4) is 0 Å². The number of nitrogens with zero attached hydrogens (tertiary/aromatic N) is 3. The van der Waals surface area contributed by atoms with Gasteiger partial charge >= 0.3 is 0 Å². The molecule has 81 heavy (non-hydrogen) atoms. The van der Waals surface area contributed by atoms with Gasteiger partial charge in [0, 0.05) is 43.4 Å². The molecular weight excluding hydrogens is 1020 g/mol. The highest BCUT2D eigenvalue weighted by Crippen LogP contribution is 2.67. The van der Waals surface area contributed by atoms with Gasteiger partial charge in [-0.25, -0.2) is 4.98 Å². The third-order valence-electron chi connectivity index (χ3n) is 22.1. The first kappa shape index (κ1) is 64.0. The number of hydrogen-bond donors (Lipinski definition) is 3. The minimum Gasteiger partial charge on any atom is -0.399 e. The summed E-state index contributed by atoms with van der Waals surface area (Å²) in [4.78, 5) is 31.3. The highest BCUT2D eigenvalue weighted by molar-refractivity contribution is 8.13. The van der Waals surface area contributed by atoms with E-state index in [1.165, 1.54) is 76.0 Å². The Kier molecular flexibility index (Phi) is 22.1. The van der Waals surface area contributed by atoms with Crippen molar-refractivity contribution in [1.82, 2.24) is 4.98 Å². The SMILES string of the molecule is C.C#CC.CCOC[C@@]1(O)CC[C@H]2[C@H](CC[C@@H]3[C@@H]2CC[C@]2(C)[C@@H](C(=O)Cc4ccc(C#N)cc4C)CC[C@@H]32)C1.CCOC[C@@]1(O)CC[C@H]2[C@H](CC[C@@H]3[C@@H]2CC[C@]2(C)[C@@H](C(=O)Sc4ccccn4)CC[C@@H]32)C1.Cc1cc(C#N)ccc1N. The minimum atomic E-state index is -0.623. The van der Waals surface area contributed by atoms with E-state index in [4.69, 9.17) is 25.7 Å². The van der Waals surface area contributed by atoms with Crippen LogP contribution < -0.4 is 5.73 Å². The molecule has 0 unspecified atom stereocenters. The van der Waals surface area contributed by atoms with Crippen LogP contribution in [0.4, 0.5) is 5.69 Å². The molecule has 0 saturated heterocycles. The van der Waals surface area contributed by atoms with Gasteiger partial charge in [0.25, 0.3) is 0 Å². The molecule has 440 valence electrons. The number of carbonyl (C=O) groups excluding carboxylic acids is 2. The largest absolute Gasteiger partial charge is 0.399 e. The minimum absolute atomic E-state index is 0. The summed E-state index contributed by atoms with van der Waals surface area (Å²) in [5, 5.41) is 41.0. The number of benzene rings is 2. The molecule has 1 heterocycles. The van der Waals surface area contributed by atoms with E-state index in [0.29, 0.717) is 78.5 Å². The van der Waals surface area contributed by atoms with Crippen LogP contribution in [-0.2, 0) is 25.5 Å². The summed E-state index contributed by atoms with van der Waals surface area (Å²) in [5.74, 6) is 10.2. The van der Waals surface area contributed by atoms with E-state index in [9.17, 15) is 19.8 Å². The molecule has 0 radical (unpaired) electrons. The Bertz CT molecular complexity index is 2730. The summed E-state index contributed by atoms with van der Waals surface area (Å²) in [5.41, 5.74) is 9.74. The van der Waals surface area contributed by atoms with Crippen molar-refractivity contribution in [2.45, 2.75) is 194 Å². The molecule has 11 rings (SSSR count). The number of ether oxygens (including phenoxy) is 2. The van der Waals surface area contributed by atoms with Crippen LogP contribution in [0.1, 0.15) is 185 Å². The highest BCUT2D eigenvalue weighted by atomic mass is 32.2. The second kappa shape index (κ2) is 27.9. The van der Waals surface area contributed by atoms with Crippen molar-refractivity contribution in [3.05, 3.63) is 88.6 Å². The fraction of sp³-hybridized carbons (Fsp3) is 0.671. The fourth-order valence-corrected chi connectivity index (χ4v) is 19.3. The molecule has 4 N–H and O–H groups in total. The summed E-state index contributed by atoms with van der Waals surface area (Å²) < 4.78 is 11.3. The van der Waals surface area contributed by atoms with Gasteiger partial charge in [-0.3, -0.25) is 9.59 Å². The van der Waals surface area contributed by atoms with Crippen molar-refractivity contribution in [1.29, 1.82) is 10.5 Å². The molecule has 8 saturated carbocycles. The number of ketones is 1. The first-order chi connectivity index (χ1) is 38.4. The standard InChI is InChI=1S/C31H43NO3.C27H39NO3S.C8H8N2.C3H4.CH4/c1-4-35-19-31(34)14-12-24-23(17-31)7-8-26-25(24)11-13-30(3)27(26)9-10-28(30)29(33)16-22-6-5-21(18-32)15-20(22)2;1-3-31-17-27(30)14-12-19-18(16-27)7-8-21-20(19)11-13-26(2)22(21)9-10-23(26)25(29)32-24-6-4-5-15-28-24;1-6-4-7(5-9)2-3-8(6)10;1-3-2;/h5-6,15,23-28,34H,4,7-14,16-17,19H2,1-3H3;4-6,15,18-23,30H,3,7-14,16-17H2,1-2H3;2-4H,10H2,1H3;1H,2H3;1H4/t23-,24+,25-,26-,27+,28-,30+,31-;18-,19+,20-,21-,22+,23-,26+,27-;;;/m11.../s1. The van der Waals surface area contributed by atoms with Crippen LogP contribution in [-0.4, -0.2) is 63.7 Å². The van der Waals surface area contributed by atoms with Crippen LogP contribution in [0.2, 0.25) is 0 Å². The number of nitrogens with two attached hydrogens (primary N) is 1. The van der Waals surface area contributed by atoms with Crippen molar-refractivity contribution in [3.63, 3.8) is 0 Å². The first-order valence-corrected chi connectivity index (χ1v) is 31.6. The van der Waals surface area contributed by atoms with Gasteiger partial charge in [-0.05, 0) is 291 Å². The average Bonchev–Trinajstić information content (AvgIpc) is 4.26. The number of terminal acetylenes is 1. The number of hydrogen-bond acceptors (Lipinski definition) is 11. The molecule has 3 aromatic rings. The molecule has 8 aliphatic carbocycles. The van der Waals surface area contributed by atoms with Gasteiger partial charge in [0.2, 0.25) is 0 Å². The maximum absolute atomic E-state index is 13.6. The van der Waals surface area contributed by atoms with E-state index in [1.807, 2.05) is 70.2 Å². The number of nitriles is 2. The second-order valence-corrected chi connectivity index (χ2v) is 27.4. The molecule has 0 bridgehead atoms. The number of thioether (sulfide) groups is 1. The van der Waals surface area contributed by atoms with E-state index < -0.39 is 11.2 Å². The number of pyridine rings is 1. The Labute approximate surface area is 491 Å². The number of rotatable bonds is 11. The van der Waals surface area contributed by atoms with Crippen LogP contribution in [0.15, 0.2) is 65.8 Å². The van der Waals surface area contributed by atoms with Crippen LogP contribution in [0.25, 0.3) is 0 Å². The van der Waals surface area contributed by atoms with Gasteiger partial charge in [-0.2, -0.15) is 10.5 Å². The van der Waals surface area contributed by atoms with E-state index in [1.54, 1.807) is 31.3 Å². The van der Waals surface area contributed by atoms with Crippen molar-refractivity contribution >= 4 is 28.3 Å². The summed E-state index contributed by atoms with van der Waals surface area (Å²) in [7, 11) is 0. The van der Waals surface area contributed by atoms with Crippen LogP contribution in [0.5, 0.6) is 0 Å². The smallest absolute Gasteiger partial charge is 0.198 e. The molecular formula is C70H98N4O6S. The molecule has 11 heteroatoms. The Hall–Kier alpha value is -4.54. The van der Waals surface area contributed by atoms with Gasteiger partial charge in [0.15, 0.2) is 5.12 Å². The number of aryl methyl sites for hydroxylation is 2. The maximum Gasteiger partial charge on any atom is 0.198 e. The topological polar surface area (TPSA) is 180 Å². The maximum atomic E-state index is 13.6. The Morgan fingerprint density at radius 3 is 1.65 bits per heavy atom. The number of carbonyl (C=O) groups is 2. The van der Waals surface area contributed by atoms with E-state index in [2.05, 4.69) is 37.2 Å². The summed E-state index contributed by atoms with van der Waals surface area (Å²) >= 11 is 1.36. The summed E-state index contributed by atoms with van der Waals surface area (Å²) in [6.07, 6.45) is 27.2. The lowest BCUT2D eigenvalue weighted by Crippen LogP contribution is -2.52. The monoisotopic (exact) mass is 1120 g/mol. The molecule has 8 fully saturated rings. The number of Topliss-reactive ketones (excluding diaryl/α,β-unsaturated/α-hetero) is 1. The van der Waals surface area contributed by atoms with Gasteiger partial charge in [-0.15, -0.1) is 12.3 Å². The van der Waals surface area contributed by atoms with Crippen LogP contribution >= 0.6 is 11.8 Å². The second-order valence-electron chi connectivity index (χ2n) is 26.4. The zero-order valence-corrected chi connectivity index (χ0v) is 50.2. The number of aromatic nitrogens is 1. The third kappa shape index (κ3) is 14.2. The highest BCUT2D eigenvalue weighted by Gasteiger charge is 2.61. The van der Waals surface area contributed by atoms with Crippen molar-refractivity contribution in [2.24, 2.45) is 81.8 Å². The van der Waals surface area contributed by atoms with Crippen molar-refractivity contribution < 1.29 is 29.3 Å². The molecule has 0 amide bonds. The van der Waals surface area contributed by atoms with Gasteiger partial charge < -0.3 is 25.4 Å². The lowest BCUT2D eigenvalue weighted by molar-refractivity contribution is -0.137. The fourth-order valence-electron chi connectivity index (χ4n) is 18.3. The first-order valence-electron chi connectivity index (χ1n) is 30.8. The van der Waals surface area contributed by atoms with Crippen molar-refractivity contribution in [2.75, 3.05) is 32.2 Å². The van der Waals surface area contributed by atoms with Gasteiger partial charge in [0.1, 0.15) is 10.8 Å². The number of nitrogen functional groups attached to an aromatic ring is 1. The predicted octanol–water partition coefficient (Wildman–Crippen LogP) is 14.5. The number of anilines is 1. The average molecular weight is 1120 g/mol. The molecule has 16 atom stereocenters. The number of aliphatic hydroxyl groups is 2. The molecule has 10 nitrogen and oxygen atoms in total. The van der Waals surface area contributed by atoms with Gasteiger partial charge in [-0.1, -0.05) is 33.4 Å². The van der Waals surface area contributed by atoms with E-state index >= 15 is 0 Å². The Balaban J connectivity index is 0.000000190. The quantitative estimate of drug-likeness (QED) is 0.0945. The summed E-state index contributed by atoms with van der Waals surface area (Å²) in [6, 6.07) is 21.0. The zero-order chi connectivity index (χ0) is 57.4.